The Kier molecular flexibility index (Phi) is 11.2. The Morgan fingerprint density at radius 2 is 2.09 bits per heavy atom. The number of benzene rings is 1. The number of ether oxygens (including phenoxy) is 1. The maximum Gasteiger partial charge on any atom is 0.354 e. The molecule has 6 rings (SSSR count). The predicted molar refractivity (Wildman–Crippen MR) is 193 cm³/mol. The van der Waals surface area contributed by atoms with Crippen LogP contribution in [-0.2, 0) is 53.4 Å². The number of thiazole rings is 1. The molecule has 5 atom stereocenters. The molecule has 0 saturated carbocycles. The largest absolute Gasteiger partial charge is 0.724 e. The van der Waals surface area contributed by atoms with Crippen LogP contribution in [0, 0.1) is 5.92 Å². The molecule has 2 aromatic heterocycles. The normalized spacial score (nSPS) is 22.6. The number of nitrogens with two attached hydrogens (primary N) is 2. The summed E-state index contributed by atoms with van der Waals surface area (Å²) in [6.07, 6.45) is 3.88. The number of aromatic nitrogens is 3. The van der Waals surface area contributed by atoms with Gasteiger partial charge in [-0.2, -0.15) is 14.0 Å². The minimum Gasteiger partial charge on any atom is -0.724 e. The number of hydrogen-bond donors (Lipinski definition) is 6. The smallest absolute Gasteiger partial charge is 0.354 e. The van der Waals surface area contributed by atoms with E-state index in [2.05, 4.69) is 29.7 Å². The highest BCUT2D eigenvalue weighted by Crippen LogP contribution is 2.37. The average molecular weight is 806 g/mol. The molecular weight excluding hydrogens is 763 g/mol. The number of rotatable bonds is 15. The number of anilines is 1. The number of aliphatic carboxylic acids is 1. The fraction of sp³-hybridized carbons (Fsp3) is 0.515. The Labute approximate surface area is 319 Å². The van der Waals surface area contributed by atoms with Crippen molar-refractivity contribution in [3.63, 3.8) is 0 Å². The molecule has 55 heavy (non-hydrogen) atoms. The third-order valence-electron chi connectivity index (χ3n) is 9.99. The Bertz CT molecular complexity index is 2100. The summed E-state index contributed by atoms with van der Waals surface area (Å²) in [7, 11) is -5.29. The lowest BCUT2D eigenvalue weighted by Gasteiger charge is -2.51. The minimum atomic E-state index is -5.29. The molecule has 2 saturated heterocycles. The number of carboxylic acid groups (broad SMARTS) is 1. The van der Waals surface area contributed by atoms with E-state index in [0.29, 0.717) is 29.7 Å². The van der Waals surface area contributed by atoms with Crippen molar-refractivity contribution < 1.29 is 56.1 Å². The summed E-state index contributed by atoms with van der Waals surface area (Å²) in [5, 5.41) is 32.2. The summed E-state index contributed by atoms with van der Waals surface area (Å²) >= 11 is 0.959. The van der Waals surface area contributed by atoms with Crippen molar-refractivity contribution in [3.8, 4) is 16.9 Å². The lowest BCUT2D eigenvalue weighted by Crippen LogP contribution is -2.76. The number of aliphatic hydroxyl groups is 1. The van der Waals surface area contributed by atoms with Gasteiger partial charge in [0.2, 0.25) is 16.6 Å². The van der Waals surface area contributed by atoms with Gasteiger partial charge in [-0.25, -0.2) is 18.2 Å². The molecule has 20 nitrogen and oxygen atoms in total. The predicted octanol–water partition coefficient (Wildman–Crippen LogP) is -1.13. The first-order chi connectivity index (χ1) is 25.9. The van der Waals surface area contributed by atoms with Crippen LogP contribution in [0.4, 0.5) is 5.13 Å². The summed E-state index contributed by atoms with van der Waals surface area (Å²) in [4.78, 5) is 48.7. The van der Waals surface area contributed by atoms with E-state index in [1.165, 1.54) is 26.2 Å². The van der Waals surface area contributed by atoms with Gasteiger partial charge in [0.05, 0.1) is 23.4 Å². The molecule has 8 N–H and O–H groups in total. The molecule has 1 aromatic carbocycles. The van der Waals surface area contributed by atoms with Crippen LogP contribution < -0.4 is 31.5 Å². The number of carbonyl (C=O) groups is 3. The first-order valence-electron chi connectivity index (χ1n) is 17.4. The molecule has 0 spiro atoms. The van der Waals surface area contributed by atoms with E-state index in [1.807, 2.05) is 29.2 Å². The Morgan fingerprint density at radius 3 is 2.71 bits per heavy atom. The van der Waals surface area contributed by atoms with Crippen molar-refractivity contribution in [3.05, 3.63) is 47.2 Å². The number of amides is 2. The maximum absolute atomic E-state index is 13.5. The number of nitrogens with zero attached hydrogens (tertiary/aromatic N) is 5. The Balaban J connectivity index is 1.21. The van der Waals surface area contributed by atoms with Gasteiger partial charge in [0.25, 0.3) is 17.4 Å². The molecule has 3 aliphatic rings. The van der Waals surface area contributed by atoms with Gasteiger partial charge in [0, 0.05) is 24.4 Å². The van der Waals surface area contributed by atoms with Crippen LogP contribution in [0.1, 0.15) is 44.9 Å². The van der Waals surface area contributed by atoms with Crippen molar-refractivity contribution in [2.24, 2.45) is 16.8 Å². The van der Waals surface area contributed by atoms with E-state index in [-0.39, 0.29) is 23.8 Å². The number of nitrogens with one attached hydrogen (secondary N) is 2. The third-order valence-corrected chi connectivity index (χ3v) is 11.0. The summed E-state index contributed by atoms with van der Waals surface area (Å²) in [6.45, 7) is 7.05. The second-order valence-corrected chi connectivity index (χ2v) is 16.2. The van der Waals surface area contributed by atoms with Gasteiger partial charge >= 0.3 is 5.97 Å². The number of nitrogen functional groups attached to an aromatic ring is 1. The van der Waals surface area contributed by atoms with Crippen LogP contribution in [0.25, 0.3) is 11.1 Å². The van der Waals surface area contributed by atoms with Gasteiger partial charge in [-0.3, -0.25) is 9.59 Å². The monoisotopic (exact) mass is 805 g/mol. The van der Waals surface area contributed by atoms with Crippen LogP contribution in [0.5, 0.6) is 5.75 Å². The SMILES string of the molecule is CC(O/N=C(\C(=O)NC1C(=O)N(OS(=O)(=O)[O-])C1(C)C)c1csc(N)n1)(C(=O)O)C1CCc2cc(-c3cn(CC(O)CN)[n+](CC4CCNC4)c3)ccc2O1. The number of aryl methyl sites for hydroxylation is 1. The molecule has 5 heterocycles. The number of aliphatic hydroxyl groups excluding tert-OH is 1. The molecule has 2 fully saturated rings. The number of β-lactam (4-membered cyclic amide) rings is 1. The molecule has 5 unspecified atom stereocenters. The molecule has 3 aliphatic heterocycles. The standard InChI is InChI=1S/C33H43N9O11S2/c1-32(2)27(29(45)42(32)53-55(48,49)50)38-28(44)26(23-17-54-31(35)37-23)39-52-33(3,30(46)47)25-7-5-20-10-19(4-6-24(20)51-25)21-14-40(13-18-8-9-36-12-18)41(15-21)16-22(43)11-34/h4,6,10,14-15,17-18,22,25,27,36,43H,5,7-9,11-13,16,34H2,1-3H3,(H4-,35,37,38,44,46,47,48,49,50)/b39-26-. The second-order valence-electron chi connectivity index (χ2n) is 14.4. The lowest BCUT2D eigenvalue weighted by molar-refractivity contribution is -0.780. The Hall–Kier alpha value is -4.71. The van der Waals surface area contributed by atoms with Crippen molar-refractivity contribution in [2.75, 3.05) is 25.4 Å². The first-order valence-corrected chi connectivity index (χ1v) is 19.6. The van der Waals surface area contributed by atoms with Crippen LogP contribution in [0.3, 0.4) is 0 Å². The molecule has 298 valence electrons. The number of hydroxylamine groups is 2. The summed E-state index contributed by atoms with van der Waals surface area (Å²) in [5.74, 6) is -2.62. The molecule has 0 bridgehead atoms. The van der Waals surface area contributed by atoms with Gasteiger partial charge in [0.1, 0.15) is 24.0 Å². The summed E-state index contributed by atoms with van der Waals surface area (Å²) < 4.78 is 47.8. The summed E-state index contributed by atoms with van der Waals surface area (Å²) in [5.41, 5.74) is 9.90. The fourth-order valence-electron chi connectivity index (χ4n) is 6.74. The number of carboxylic acids is 1. The zero-order valence-corrected chi connectivity index (χ0v) is 31.8. The van der Waals surface area contributed by atoms with Crippen molar-refractivity contribution in [1.82, 2.24) is 25.4 Å². The van der Waals surface area contributed by atoms with Gasteiger partial charge in [-0.05, 0) is 69.8 Å². The molecular formula is C33H43N9O11S2. The van der Waals surface area contributed by atoms with Crippen LogP contribution in [0.15, 0.2) is 41.1 Å². The molecule has 0 radical (unpaired) electrons. The van der Waals surface area contributed by atoms with E-state index in [9.17, 15) is 37.6 Å². The highest BCUT2D eigenvalue weighted by atomic mass is 32.3. The molecule has 3 aromatic rings. The zero-order chi connectivity index (χ0) is 39.9. The second kappa shape index (κ2) is 15.4. The van der Waals surface area contributed by atoms with Gasteiger partial charge in [0.15, 0.2) is 23.5 Å². The van der Waals surface area contributed by atoms with E-state index < -0.39 is 63.3 Å². The van der Waals surface area contributed by atoms with Crippen molar-refractivity contribution in [2.45, 2.75) is 82.5 Å². The maximum atomic E-state index is 13.5. The van der Waals surface area contributed by atoms with E-state index in [4.69, 9.17) is 21.0 Å². The van der Waals surface area contributed by atoms with E-state index in [0.717, 1.165) is 54.1 Å². The highest BCUT2D eigenvalue weighted by Gasteiger charge is 2.58. The number of hydrogen-bond acceptors (Lipinski definition) is 16. The number of carbonyl (C=O) groups excluding carboxylic acids is 2. The van der Waals surface area contributed by atoms with Crippen LogP contribution >= 0.6 is 11.3 Å². The highest BCUT2D eigenvalue weighted by molar-refractivity contribution is 7.80. The van der Waals surface area contributed by atoms with Crippen LogP contribution in [0.2, 0.25) is 0 Å². The quantitative estimate of drug-likeness (QED) is 0.0265. The fourth-order valence-corrected chi connectivity index (χ4v) is 7.74. The Morgan fingerprint density at radius 1 is 1.33 bits per heavy atom. The van der Waals surface area contributed by atoms with Gasteiger partial charge < -0.3 is 46.4 Å². The summed E-state index contributed by atoms with van der Waals surface area (Å²) in [6, 6.07) is 4.21. The average Bonchev–Trinajstić information content (AvgIpc) is 3.91. The van der Waals surface area contributed by atoms with Crippen molar-refractivity contribution in [1.29, 1.82) is 0 Å². The zero-order valence-electron chi connectivity index (χ0n) is 30.2. The molecule has 22 heteroatoms. The van der Waals surface area contributed by atoms with Crippen LogP contribution in [-0.4, -0.2) is 110 Å². The number of fused-ring (bicyclic) bond motifs is 1. The van der Waals surface area contributed by atoms with Crippen molar-refractivity contribution >= 4 is 50.4 Å². The first kappa shape index (κ1) is 40.0. The lowest BCUT2D eigenvalue weighted by atomic mass is 9.84. The molecule has 2 amide bonds. The molecule has 0 aliphatic carbocycles. The third kappa shape index (κ3) is 8.44. The van der Waals surface area contributed by atoms with Gasteiger partial charge in [-0.15, -0.1) is 16.0 Å². The van der Waals surface area contributed by atoms with E-state index in [1.54, 1.807) is 6.07 Å². The number of oxime groups is 1. The van der Waals surface area contributed by atoms with Gasteiger partial charge in [-0.1, -0.05) is 11.2 Å². The minimum absolute atomic E-state index is 0.0500. The topological polar surface area (TPSA) is 290 Å². The van der Waals surface area contributed by atoms with E-state index >= 15 is 0 Å².